The summed E-state index contributed by atoms with van der Waals surface area (Å²) in [4.78, 5) is 0. The maximum Gasteiger partial charge on any atom is 0.123 e. The molecule has 0 saturated heterocycles. The van der Waals surface area contributed by atoms with Crippen molar-refractivity contribution < 1.29 is 4.39 Å². The van der Waals surface area contributed by atoms with Crippen LogP contribution in [0.5, 0.6) is 0 Å². The number of hydrogen-bond donors (Lipinski definition) is 1. The fourth-order valence-corrected chi connectivity index (χ4v) is 1.95. The van der Waals surface area contributed by atoms with Crippen molar-refractivity contribution in [3.8, 4) is 0 Å². The Hall–Kier alpha value is -0.890. The Morgan fingerprint density at radius 2 is 2.31 bits per heavy atom. The summed E-state index contributed by atoms with van der Waals surface area (Å²) in [6.07, 6.45) is 2.12. The Morgan fingerprint density at radius 3 is 2.77 bits per heavy atom. The minimum Gasteiger partial charge on any atom is -0.327 e. The van der Waals surface area contributed by atoms with Gasteiger partial charge in [0.05, 0.1) is 0 Å². The van der Waals surface area contributed by atoms with Gasteiger partial charge in [-0.1, -0.05) is 19.1 Å². The molecule has 2 heteroatoms. The predicted molar refractivity (Wildman–Crippen MR) is 51.0 cm³/mol. The second-order valence-corrected chi connectivity index (χ2v) is 4.07. The lowest BCUT2D eigenvalue weighted by atomic mass is 9.62. The summed E-state index contributed by atoms with van der Waals surface area (Å²) in [7, 11) is 0. The van der Waals surface area contributed by atoms with Gasteiger partial charge in [-0.2, -0.15) is 0 Å². The van der Waals surface area contributed by atoms with Crippen molar-refractivity contribution in [1.29, 1.82) is 0 Å². The van der Waals surface area contributed by atoms with Crippen LogP contribution in [0, 0.1) is 5.82 Å². The smallest absolute Gasteiger partial charge is 0.123 e. The molecule has 1 aliphatic rings. The van der Waals surface area contributed by atoms with Crippen molar-refractivity contribution in [1.82, 2.24) is 0 Å². The van der Waals surface area contributed by atoms with Gasteiger partial charge in [0.1, 0.15) is 5.82 Å². The lowest BCUT2D eigenvalue weighted by Gasteiger charge is -2.45. The highest BCUT2D eigenvalue weighted by molar-refractivity contribution is 5.30. The van der Waals surface area contributed by atoms with Crippen LogP contribution in [0.4, 0.5) is 4.39 Å². The first-order valence-electron chi connectivity index (χ1n) is 4.64. The predicted octanol–water partition coefficient (Wildman–Crippen LogP) is 2.20. The van der Waals surface area contributed by atoms with Crippen LogP contribution in [0.1, 0.15) is 25.3 Å². The lowest BCUT2D eigenvalue weighted by molar-refractivity contribution is 0.217. The third-order valence-corrected chi connectivity index (χ3v) is 3.28. The van der Waals surface area contributed by atoms with E-state index in [2.05, 4.69) is 6.92 Å². The Balaban J connectivity index is 2.35. The van der Waals surface area contributed by atoms with E-state index in [1.54, 1.807) is 12.1 Å². The molecule has 0 aliphatic heterocycles. The molecule has 0 aromatic heterocycles. The largest absolute Gasteiger partial charge is 0.327 e. The molecule has 0 radical (unpaired) electrons. The summed E-state index contributed by atoms with van der Waals surface area (Å²) >= 11 is 0. The van der Waals surface area contributed by atoms with Crippen molar-refractivity contribution >= 4 is 0 Å². The molecule has 2 N–H and O–H groups in total. The SMILES string of the molecule is CC1(c2cccc(F)c2)CCC1N. The highest BCUT2D eigenvalue weighted by Crippen LogP contribution is 2.42. The quantitative estimate of drug-likeness (QED) is 0.702. The molecule has 0 heterocycles. The van der Waals surface area contributed by atoms with Gasteiger partial charge in [0.15, 0.2) is 0 Å². The standard InChI is InChI=1S/C11H14FN/c1-11(6-5-10(11)13)8-3-2-4-9(12)7-8/h2-4,7,10H,5-6,13H2,1H3. The molecular weight excluding hydrogens is 165 g/mol. The number of rotatable bonds is 1. The first-order chi connectivity index (χ1) is 6.13. The topological polar surface area (TPSA) is 26.0 Å². The van der Waals surface area contributed by atoms with Crippen molar-refractivity contribution in [2.45, 2.75) is 31.2 Å². The first-order valence-corrected chi connectivity index (χ1v) is 4.64. The zero-order valence-electron chi connectivity index (χ0n) is 7.76. The highest BCUT2D eigenvalue weighted by atomic mass is 19.1. The molecule has 0 amide bonds. The molecule has 1 aromatic carbocycles. The number of hydrogen-bond acceptors (Lipinski definition) is 1. The molecule has 2 rings (SSSR count). The molecule has 70 valence electrons. The number of nitrogens with two attached hydrogens (primary N) is 1. The molecule has 1 saturated carbocycles. The normalized spacial score (nSPS) is 32.7. The molecule has 1 nitrogen and oxygen atoms in total. The Kier molecular flexibility index (Phi) is 1.88. The van der Waals surface area contributed by atoms with E-state index in [9.17, 15) is 4.39 Å². The summed E-state index contributed by atoms with van der Waals surface area (Å²) in [5.74, 6) is -0.169. The molecule has 0 spiro atoms. The second-order valence-electron chi connectivity index (χ2n) is 4.07. The van der Waals surface area contributed by atoms with E-state index >= 15 is 0 Å². The van der Waals surface area contributed by atoms with E-state index < -0.39 is 0 Å². The van der Waals surface area contributed by atoms with Crippen LogP contribution in [0.2, 0.25) is 0 Å². The summed E-state index contributed by atoms with van der Waals surface area (Å²) < 4.78 is 12.9. The van der Waals surface area contributed by atoms with Gasteiger partial charge in [-0.15, -0.1) is 0 Å². The fraction of sp³-hybridized carbons (Fsp3) is 0.455. The van der Waals surface area contributed by atoms with Gasteiger partial charge in [-0.25, -0.2) is 4.39 Å². The van der Waals surface area contributed by atoms with E-state index in [4.69, 9.17) is 5.73 Å². The van der Waals surface area contributed by atoms with E-state index in [0.717, 1.165) is 18.4 Å². The minimum absolute atomic E-state index is 0.00208. The van der Waals surface area contributed by atoms with Crippen molar-refractivity contribution in [3.63, 3.8) is 0 Å². The third kappa shape index (κ3) is 1.25. The minimum atomic E-state index is -0.169. The summed E-state index contributed by atoms with van der Waals surface area (Å²) in [5.41, 5.74) is 6.95. The summed E-state index contributed by atoms with van der Waals surface area (Å²) in [6, 6.07) is 6.97. The van der Waals surface area contributed by atoms with Crippen LogP contribution < -0.4 is 5.73 Å². The highest BCUT2D eigenvalue weighted by Gasteiger charge is 2.41. The summed E-state index contributed by atoms with van der Waals surface area (Å²) in [5, 5.41) is 0. The zero-order chi connectivity index (χ0) is 9.47. The van der Waals surface area contributed by atoms with Crippen LogP contribution in [0.15, 0.2) is 24.3 Å². The maximum atomic E-state index is 12.9. The number of halogens is 1. The molecule has 13 heavy (non-hydrogen) atoms. The monoisotopic (exact) mass is 179 g/mol. The van der Waals surface area contributed by atoms with Crippen LogP contribution in [-0.2, 0) is 5.41 Å². The molecule has 0 bridgehead atoms. The molecule has 2 atom stereocenters. The van der Waals surface area contributed by atoms with Crippen LogP contribution in [0.25, 0.3) is 0 Å². The Bertz CT molecular complexity index is 324. The Labute approximate surface area is 77.8 Å². The van der Waals surface area contributed by atoms with Gasteiger partial charge >= 0.3 is 0 Å². The van der Waals surface area contributed by atoms with E-state index in [1.807, 2.05) is 6.07 Å². The van der Waals surface area contributed by atoms with Crippen molar-refractivity contribution in [2.75, 3.05) is 0 Å². The Morgan fingerprint density at radius 1 is 1.54 bits per heavy atom. The second kappa shape index (κ2) is 2.81. The lowest BCUT2D eigenvalue weighted by Crippen LogP contribution is -2.51. The van der Waals surface area contributed by atoms with Crippen LogP contribution >= 0.6 is 0 Å². The average Bonchev–Trinajstić information content (AvgIpc) is 2.14. The third-order valence-electron chi connectivity index (χ3n) is 3.28. The molecular formula is C11H14FN. The van der Waals surface area contributed by atoms with Crippen LogP contribution in [0.3, 0.4) is 0 Å². The van der Waals surface area contributed by atoms with E-state index in [-0.39, 0.29) is 17.3 Å². The van der Waals surface area contributed by atoms with Gasteiger partial charge in [0, 0.05) is 11.5 Å². The zero-order valence-corrected chi connectivity index (χ0v) is 7.76. The van der Waals surface area contributed by atoms with E-state index in [1.165, 1.54) is 6.07 Å². The fourth-order valence-electron chi connectivity index (χ4n) is 1.95. The molecule has 1 fully saturated rings. The van der Waals surface area contributed by atoms with Gasteiger partial charge < -0.3 is 5.73 Å². The average molecular weight is 179 g/mol. The van der Waals surface area contributed by atoms with Crippen molar-refractivity contribution in [2.24, 2.45) is 5.73 Å². The number of benzene rings is 1. The van der Waals surface area contributed by atoms with Gasteiger partial charge in [0.2, 0.25) is 0 Å². The maximum absolute atomic E-state index is 12.9. The molecule has 2 unspecified atom stereocenters. The van der Waals surface area contributed by atoms with Gasteiger partial charge in [0.25, 0.3) is 0 Å². The van der Waals surface area contributed by atoms with Crippen molar-refractivity contribution in [3.05, 3.63) is 35.6 Å². The van der Waals surface area contributed by atoms with Gasteiger partial charge in [-0.05, 0) is 30.5 Å². The van der Waals surface area contributed by atoms with Crippen LogP contribution in [-0.4, -0.2) is 6.04 Å². The first kappa shape index (κ1) is 8.70. The molecule has 1 aromatic rings. The molecule has 1 aliphatic carbocycles. The van der Waals surface area contributed by atoms with Gasteiger partial charge in [-0.3, -0.25) is 0 Å². The van der Waals surface area contributed by atoms with E-state index in [0.29, 0.717) is 0 Å². The summed E-state index contributed by atoms with van der Waals surface area (Å²) in [6.45, 7) is 2.11.